The number of rotatable bonds is 4. The molecule has 0 fully saturated rings. The first-order valence-corrected chi connectivity index (χ1v) is 6.97. The predicted molar refractivity (Wildman–Crippen MR) is 84.2 cm³/mol. The first-order valence-electron chi connectivity index (χ1n) is 6.97. The lowest BCUT2D eigenvalue weighted by Crippen LogP contribution is -2.06. The Kier molecular flexibility index (Phi) is 3.42. The van der Waals surface area contributed by atoms with E-state index in [2.05, 4.69) is 46.6 Å². The van der Waals surface area contributed by atoms with Crippen LogP contribution in [0.4, 0.5) is 5.82 Å². The molecule has 0 unspecified atom stereocenters. The minimum Gasteiger partial charge on any atom is -0.370 e. The Morgan fingerprint density at radius 1 is 1.10 bits per heavy atom. The number of pyridine rings is 1. The van der Waals surface area contributed by atoms with Crippen molar-refractivity contribution in [1.29, 1.82) is 0 Å². The molecule has 3 aromatic rings. The van der Waals surface area contributed by atoms with E-state index in [1.165, 1.54) is 22.0 Å². The highest BCUT2D eigenvalue weighted by Crippen LogP contribution is 2.22. The second kappa shape index (κ2) is 5.37. The van der Waals surface area contributed by atoms with Crippen molar-refractivity contribution in [3.63, 3.8) is 0 Å². The molecule has 0 aliphatic heterocycles. The van der Waals surface area contributed by atoms with Gasteiger partial charge >= 0.3 is 0 Å². The minimum absolute atomic E-state index is 0.887. The fourth-order valence-corrected chi connectivity index (χ4v) is 2.62. The Balaban J connectivity index is 1.71. The molecular formula is C17H19N3. The van der Waals surface area contributed by atoms with Crippen LogP contribution in [-0.4, -0.2) is 16.5 Å². The van der Waals surface area contributed by atoms with Gasteiger partial charge < -0.3 is 10.3 Å². The zero-order chi connectivity index (χ0) is 13.9. The smallest absolute Gasteiger partial charge is 0.126 e. The molecule has 0 saturated carbocycles. The summed E-state index contributed by atoms with van der Waals surface area (Å²) in [5.41, 5.74) is 4.94. The van der Waals surface area contributed by atoms with Gasteiger partial charge in [-0.1, -0.05) is 18.2 Å². The summed E-state index contributed by atoms with van der Waals surface area (Å²) in [7, 11) is 0. The SMILES string of the molecule is Cc1cccc(NCCc2c[nH]c3cccc(C)c23)n1. The van der Waals surface area contributed by atoms with Gasteiger partial charge in [-0.3, -0.25) is 0 Å². The molecule has 0 bridgehead atoms. The number of benzene rings is 1. The molecular weight excluding hydrogens is 246 g/mol. The quantitative estimate of drug-likeness (QED) is 0.752. The summed E-state index contributed by atoms with van der Waals surface area (Å²) in [6.45, 7) is 5.06. The third-order valence-electron chi connectivity index (χ3n) is 3.58. The van der Waals surface area contributed by atoms with Crippen molar-refractivity contribution in [3.05, 3.63) is 59.4 Å². The summed E-state index contributed by atoms with van der Waals surface area (Å²) in [5.74, 6) is 0.946. The van der Waals surface area contributed by atoms with Crippen LogP contribution in [0.2, 0.25) is 0 Å². The van der Waals surface area contributed by atoms with Crippen molar-refractivity contribution in [1.82, 2.24) is 9.97 Å². The van der Waals surface area contributed by atoms with Gasteiger partial charge in [-0.05, 0) is 49.6 Å². The van der Waals surface area contributed by atoms with Crippen LogP contribution < -0.4 is 5.32 Å². The monoisotopic (exact) mass is 265 g/mol. The highest BCUT2D eigenvalue weighted by Gasteiger charge is 2.05. The molecule has 3 rings (SSSR count). The summed E-state index contributed by atoms with van der Waals surface area (Å²) in [4.78, 5) is 7.80. The van der Waals surface area contributed by atoms with Gasteiger partial charge in [0.05, 0.1) is 0 Å². The zero-order valence-corrected chi connectivity index (χ0v) is 11.9. The normalized spacial score (nSPS) is 10.9. The number of fused-ring (bicyclic) bond motifs is 1. The molecule has 0 saturated heterocycles. The Bertz CT molecular complexity index is 728. The lowest BCUT2D eigenvalue weighted by molar-refractivity contribution is 1.01. The fourth-order valence-electron chi connectivity index (χ4n) is 2.62. The maximum Gasteiger partial charge on any atom is 0.126 e. The lowest BCUT2D eigenvalue weighted by atomic mass is 10.1. The standard InChI is InChI=1S/C17H19N3/c1-12-5-3-7-15-17(12)14(11-19-15)9-10-18-16-8-4-6-13(2)20-16/h3-8,11,19H,9-10H2,1-2H3,(H,18,20). The summed E-state index contributed by atoms with van der Waals surface area (Å²) in [5, 5.41) is 4.74. The molecule has 2 heterocycles. The van der Waals surface area contributed by atoms with Gasteiger partial charge in [-0.2, -0.15) is 0 Å². The van der Waals surface area contributed by atoms with E-state index in [9.17, 15) is 0 Å². The summed E-state index contributed by atoms with van der Waals surface area (Å²) < 4.78 is 0. The number of hydrogen-bond acceptors (Lipinski definition) is 2. The van der Waals surface area contributed by atoms with Crippen molar-refractivity contribution in [2.24, 2.45) is 0 Å². The van der Waals surface area contributed by atoms with Crippen LogP contribution in [0.15, 0.2) is 42.6 Å². The van der Waals surface area contributed by atoms with Gasteiger partial charge in [0.15, 0.2) is 0 Å². The van der Waals surface area contributed by atoms with Crippen LogP contribution in [0.1, 0.15) is 16.8 Å². The average molecular weight is 265 g/mol. The molecule has 102 valence electrons. The molecule has 2 aromatic heterocycles. The lowest BCUT2D eigenvalue weighted by Gasteiger charge is -2.06. The summed E-state index contributed by atoms with van der Waals surface area (Å²) in [6.07, 6.45) is 3.10. The average Bonchev–Trinajstić information content (AvgIpc) is 2.84. The fraction of sp³-hybridized carbons (Fsp3) is 0.235. The molecule has 3 heteroatoms. The van der Waals surface area contributed by atoms with E-state index in [1.807, 2.05) is 25.1 Å². The van der Waals surface area contributed by atoms with E-state index in [4.69, 9.17) is 0 Å². The number of hydrogen-bond donors (Lipinski definition) is 2. The predicted octanol–water partition coefficient (Wildman–Crippen LogP) is 3.83. The van der Waals surface area contributed by atoms with Crippen LogP contribution in [0.25, 0.3) is 10.9 Å². The van der Waals surface area contributed by atoms with E-state index >= 15 is 0 Å². The highest BCUT2D eigenvalue weighted by atomic mass is 15.0. The third kappa shape index (κ3) is 2.52. The van der Waals surface area contributed by atoms with Crippen LogP contribution in [0, 0.1) is 13.8 Å². The van der Waals surface area contributed by atoms with E-state index in [0.29, 0.717) is 0 Å². The van der Waals surface area contributed by atoms with E-state index < -0.39 is 0 Å². The molecule has 0 aliphatic carbocycles. The molecule has 0 aliphatic rings. The number of aromatic nitrogens is 2. The van der Waals surface area contributed by atoms with Crippen molar-refractivity contribution >= 4 is 16.7 Å². The summed E-state index contributed by atoms with van der Waals surface area (Å²) in [6, 6.07) is 12.4. The van der Waals surface area contributed by atoms with Crippen molar-refractivity contribution in [3.8, 4) is 0 Å². The summed E-state index contributed by atoms with van der Waals surface area (Å²) >= 11 is 0. The van der Waals surface area contributed by atoms with Gasteiger partial charge in [-0.25, -0.2) is 4.98 Å². The molecule has 20 heavy (non-hydrogen) atoms. The third-order valence-corrected chi connectivity index (χ3v) is 3.58. The molecule has 0 atom stereocenters. The molecule has 0 amide bonds. The first-order chi connectivity index (χ1) is 9.74. The number of H-pyrrole nitrogens is 1. The Labute approximate surface area is 119 Å². The van der Waals surface area contributed by atoms with Crippen LogP contribution in [0.5, 0.6) is 0 Å². The number of aromatic amines is 1. The van der Waals surface area contributed by atoms with Gasteiger partial charge in [-0.15, -0.1) is 0 Å². The van der Waals surface area contributed by atoms with E-state index in [-0.39, 0.29) is 0 Å². The van der Waals surface area contributed by atoms with E-state index in [1.54, 1.807) is 0 Å². The van der Waals surface area contributed by atoms with Crippen LogP contribution in [0.3, 0.4) is 0 Å². The number of nitrogens with zero attached hydrogens (tertiary/aromatic N) is 1. The van der Waals surface area contributed by atoms with Crippen molar-refractivity contribution < 1.29 is 0 Å². The molecule has 1 aromatic carbocycles. The molecule has 3 nitrogen and oxygen atoms in total. The second-order valence-corrected chi connectivity index (χ2v) is 5.15. The van der Waals surface area contributed by atoms with Gasteiger partial charge in [0.2, 0.25) is 0 Å². The van der Waals surface area contributed by atoms with Gasteiger partial charge in [0.25, 0.3) is 0 Å². The Hall–Kier alpha value is -2.29. The topological polar surface area (TPSA) is 40.7 Å². The Morgan fingerprint density at radius 2 is 1.95 bits per heavy atom. The van der Waals surface area contributed by atoms with Gasteiger partial charge in [0.1, 0.15) is 5.82 Å². The van der Waals surface area contributed by atoms with Crippen LogP contribution >= 0.6 is 0 Å². The number of nitrogens with one attached hydrogen (secondary N) is 2. The first kappa shape index (κ1) is 12.7. The largest absolute Gasteiger partial charge is 0.370 e. The highest BCUT2D eigenvalue weighted by molar-refractivity contribution is 5.86. The number of anilines is 1. The minimum atomic E-state index is 0.887. The molecule has 2 N–H and O–H groups in total. The van der Waals surface area contributed by atoms with Gasteiger partial charge in [0, 0.05) is 29.3 Å². The number of aryl methyl sites for hydroxylation is 2. The zero-order valence-electron chi connectivity index (χ0n) is 11.9. The maximum absolute atomic E-state index is 4.45. The molecule has 0 radical (unpaired) electrons. The van der Waals surface area contributed by atoms with Crippen LogP contribution in [-0.2, 0) is 6.42 Å². The molecule has 0 spiro atoms. The van der Waals surface area contributed by atoms with Crippen molar-refractivity contribution in [2.45, 2.75) is 20.3 Å². The second-order valence-electron chi connectivity index (χ2n) is 5.15. The van der Waals surface area contributed by atoms with Crippen molar-refractivity contribution in [2.75, 3.05) is 11.9 Å². The van der Waals surface area contributed by atoms with E-state index in [0.717, 1.165) is 24.5 Å². The Morgan fingerprint density at radius 3 is 2.80 bits per heavy atom. The maximum atomic E-state index is 4.45.